The molecule has 0 aliphatic rings. The van der Waals surface area contributed by atoms with Crippen molar-refractivity contribution in [3.05, 3.63) is 29.8 Å². The van der Waals surface area contributed by atoms with Crippen LogP contribution in [-0.2, 0) is 9.53 Å². The van der Waals surface area contributed by atoms with E-state index < -0.39 is 11.9 Å². The first-order chi connectivity index (χ1) is 9.01. The third-order valence-electron chi connectivity index (χ3n) is 2.85. The highest BCUT2D eigenvalue weighted by atomic mass is 16.5. The fourth-order valence-corrected chi connectivity index (χ4v) is 1.87. The highest BCUT2D eigenvalue weighted by molar-refractivity contribution is 6.08. The van der Waals surface area contributed by atoms with E-state index in [4.69, 9.17) is 9.47 Å². The molecule has 1 atom stereocenters. The fraction of sp³-hybridized carbons (Fsp3) is 0.467. The minimum atomic E-state index is -0.761. The molecule has 0 bridgehead atoms. The van der Waals surface area contributed by atoms with Gasteiger partial charge in [0, 0.05) is 5.56 Å². The summed E-state index contributed by atoms with van der Waals surface area (Å²) in [6, 6.07) is 6.80. The van der Waals surface area contributed by atoms with Crippen LogP contribution in [0, 0.1) is 11.8 Å². The Hall–Kier alpha value is -1.84. The number of carbonyl (C=O) groups excluding carboxylic acids is 2. The number of methoxy groups -OCH3 is 1. The molecule has 0 aliphatic carbocycles. The van der Waals surface area contributed by atoms with Gasteiger partial charge < -0.3 is 9.47 Å². The van der Waals surface area contributed by atoms with Gasteiger partial charge in [-0.15, -0.1) is 0 Å². The Bertz CT molecular complexity index is 434. The summed E-state index contributed by atoms with van der Waals surface area (Å²) in [5.74, 6) is -0.869. The van der Waals surface area contributed by atoms with Gasteiger partial charge in [-0.2, -0.15) is 0 Å². The van der Waals surface area contributed by atoms with Crippen molar-refractivity contribution in [1.29, 1.82) is 0 Å². The lowest BCUT2D eigenvalue weighted by molar-refractivity contribution is -0.144. The maximum absolute atomic E-state index is 12.3. The third-order valence-corrected chi connectivity index (χ3v) is 2.85. The van der Waals surface area contributed by atoms with Crippen molar-refractivity contribution in [3.8, 4) is 5.75 Å². The van der Waals surface area contributed by atoms with E-state index in [1.807, 2.05) is 20.8 Å². The van der Waals surface area contributed by atoms with Crippen LogP contribution in [0.25, 0.3) is 0 Å². The topological polar surface area (TPSA) is 52.6 Å². The quantitative estimate of drug-likeness (QED) is 0.450. The summed E-state index contributed by atoms with van der Waals surface area (Å²) in [4.78, 5) is 24.0. The number of carbonyl (C=O) groups is 2. The van der Waals surface area contributed by atoms with E-state index in [1.165, 1.54) is 7.11 Å². The predicted molar refractivity (Wildman–Crippen MR) is 72.3 cm³/mol. The average molecular weight is 264 g/mol. The lowest BCUT2D eigenvalue weighted by Gasteiger charge is -2.17. The van der Waals surface area contributed by atoms with E-state index in [-0.39, 0.29) is 11.7 Å². The second-order valence-electron chi connectivity index (χ2n) is 4.57. The molecule has 1 aromatic rings. The Kier molecular flexibility index (Phi) is 5.55. The zero-order valence-corrected chi connectivity index (χ0v) is 11.8. The molecular weight excluding hydrogens is 244 g/mol. The minimum Gasteiger partial charge on any atom is -0.494 e. The van der Waals surface area contributed by atoms with Gasteiger partial charge in [-0.25, -0.2) is 0 Å². The van der Waals surface area contributed by atoms with Crippen LogP contribution in [-0.4, -0.2) is 25.5 Å². The molecule has 0 N–H and O–H groups in total. The van der Waals surface area contributed by atoms with Crippen LogP contribution in [0.5, 0.6) is 5.75 Å². The Balaban J connectivity index is 2.93. The van der Waals surface area contributed by atoms with Crippen LogP contribution in [0.3, 0.4) is 0 Å². The Morgan fingerprint density at radius 2 is 1.74 bits per heavy atom. The monoisotopic (exact) mass is 264 g/mol. The molecule has 4 nitrogen and oxygen atoms in total. The first kappa shape index (κ1) is 15.2. The van der Waals surface area contributed by atoms with E-state index in [0.717, 1.165) is 0 Å². The SMILES string of the molecule is CCOc1ccc(C(=O)C(C(=O)OC)C(C)C)cc1. The Labute approximate surface area is 113 Å². The van der Waals surface area contributed by atoms with Crippen molar-refractivity contribution in [2.45, 2.75) is 20.8 Å². The summed E-state index contributed by atoms with van der Waals surface area (Å²) >= 11 is 0. The number of benzene rings is 1. The summed E-state index contributed by atoms with van der Waals surface area (Å²) in [6.07, 6.45) is 0. The molecule has 19 heavy (non-hydrogen) atoms. The highest BCUT2D eigenvalue weighted by Gasteiger charge is 2.31. The van der Waals surface area contributed by atoms with Crippen molar-refractivity contribution >= 4 is 11.8 Å². The largest absolute Gasteiger partial charge is 0.494 e. The molecule has 0 aromatic heterocycles. The van der Waals surface area contributed by atoms with Crippen LogP contribution in [0.1, 0.15) is 31.1 Å². The maximum Gasteiger partial charge on any atom is 0.316 e. The summed E-state index contributed by atoms with van der Waals surface area (Å²) in [5.41, 5.74) is 0.493. The highest BCUT2D eigenvalue weighted by Crippen LogP contribution is 2.21. The zero-order chi connectivity index (χ0) is 14.4. The second kappa shape index (κ2) is 6.92. The first-order valence-corrected chi connectivity index (χ1v) is 6.36. The Morgan fingerprint density at radius 3 is 2.16 bits per heavy atom. The summed E-state index contributed by atoms with van der Waals surface area (Å²) in [7, 11) is 1.29. The summed E-state index contributed by atoms with van der Waals surface area (Å²) < 4.78 is 10.0. The first-order valence-electron chi connectivity index (χ1n) is 6.36. The molecule has 0 aliphatic heterocycles. The van der Waals surface area contributed by atoms with Gasteiger partial charge in [0.05, 0.1) is 13.7 Å². The van der Waals surface area contributed by atoms with E-state index >= 15 is 0 Å². The van der Waals surface area contributed by atoms with Crippen LogP contribution in [0.2, 0.25) is 0 Å². The van der Waals surface area contributed by atoms with Gasteiger partial charge in [-0.1, -0.05) is 13.8 Å². The zero-order valence-electron chi connectivity index (χ0n) is 11.8. The Morgan fingerprint density at radius 1 is 1.16 bits per heavy atom. The number of hydrogen-bond donors (Lipinski definition) is 0. The van der Waals surface area contributed by atoms with Gasteiger partial charge in [0.2, 0.25) is 0 Å². The number of hydrogen-bond acceptors (Lipinski definition) is 4. The average Bonchev–Trinajstić information content (AvgIpc) is 2.39. The van der Waals surface area contributed by atoms with E-state index in [2.05, 4.69) is 0 Å². The number of ketones is 1. The molecule has 4 heteroatoms. The van der Waals surface area contributed by atoms with Crippen molar-refractivity contribution in [1.82, 2.24) is 0 Å². The predicted octanol–water partition coefficient (Wildman–Crippen LogP) is 2.71. The number of ether oxygens (including phenoxy) is 2. The number of Topliss-reactive ketones (excluding diaryl/α,β-unsaturated/α-hetero) is 1. The summed E-state index contributed by atoms with van der Waals surface area (Å²) in [5, 5.41) is 0. The van der Waals surface area contributed by atoms with Gasteiger partial charge >= 0.3 is 5.97 Å². The van der Waals surface area contributed by atoms with Crippen LogP contribution >= 0.6 is 0 Å². The fourth-order valence-electron chi connectivity index (χ4n) is 1.87. The normalized spacial score (nSPS) is 12.1. The standard InChI is InChI=1S/C15H20O4/c1-5-19-12-8-6-11(7-9-12)14(16)13(10(2)3)15(17)18-4/h6-10,13H,5H2,1-4H3. The van der Waals surface area contributed by atoms with E-state index in [0.29, 0.717) is 17.9 Å². The maximum atomic E-state index is 12.3. The lowest BCUT2D eigenvalue weighted by atomic mass is 9.88. The van der Waals surface area contributed by atoms with E-state index in [9.17, 15) is 9.59 Å². The smallest absolute Gasteiger partial charge is 0.316 e. The van der Waals surface area contributed by atoms with Gasteiger partial charge in [-0.05, 0) is 37.1 Å². The number of esters is 1. The molecule has 0 heterocycles. The van der Waals surface area contributed by atoms with Crippen LogP contribution in [0.4, 0.5) is 0 Å². The van der Waals surface area contributed by atoms with Crippen LogP contribution < -0.4 is 4.74 Å². The van der Waals surface area contributed by atoms with Gasteiger partial charge in [0.15, 0.2) is 5.78 Å². The molecule has 0 spiro atoms. The number of rotatable bonds is 6. The van der Waals surface area contributed by atoms with Crippen LogP contribution in [0.15, 0.2) is 24.3 Å². The molecule has 0 saturated heterocycles. The molecule has 104 valence electrons. The third kappa shape index (κ3) is 3.81. The molecule has 0 amide bonds. The lowest BCUT2D eigenvalue weighted by Crippen LogP contribution is -2.30. The summed E-state index contributed by atoms with van der Waals surface area (Å²) in [6.45, 7) is 6.12. The second-order valence-corrected chi connectivity index (χ2v) is 4.57. The molecule has 0 radical (unpaired) electrons. The van der Waals surface area contributed by atoms with Gasteiger partial charge in [0.1, 0.15) is 11.7 Å². The molecule has 0 fully saturated rings. The minimum absolute atomic E-state index is 0.105. The molecule has 1 aromatic carbocycles. The van der Waals surface area contributed by atoms with E-state index in [1.54, 1.807) is 24.3 Å². The van der Waals surface area contributed by atoms with Crippen molar-refractivity contribution in [2.24, 2.45) is 11.8 Å². The van der Waals surface area contributed by atoms with Crippen molar-refractivity contribution in [2.75, 3.05) is 13.7 Å². The van der Waals surface area contributed by atoms with Gasteiger partial charge in [-0.3, -0.25) is 9.59 Å². The molecular formula is C15H20O4. The molecule has 1 unspecified atom stereocenters. The van der Waals surface area contributed by atoms with Gasteiger partial charge in [0.25, 0.3) is 0 Å². The van der Waals surface area contributed by atoms with Crippen molar-refractivity contribution in [3.63, 3.8) is 0 Å². The molecule has 0 saturated carbocycles. The molecule has 1 rings (SSSR count). The van der Waals surface area contributed by atoms with Crippen molar-refractivity contribution < 1.29 is 19.1 Å².